The second-order valence-electron chi connectivity index (χ2n) is 8.90. The highest BCUT2D eigenvalue weighted by molar-refractivity contribution is 6.06. The molecule has 5 rings (SSSR count). The highest BCUT2D eigenvalue weighted by atomic mass is 19.3. The molecule has 9 heteroatoms. The molecule has 0 bridgehead atoms. The van der Waals surface area contributed by atoms with Crippen molar-refractivity contribution in [2.45, 2.75) is 45.3 Å². The largest absolute Gasteiger partial charge is 0.366 e. The van der Waals surface area contributed by atoms with Gasteiger partial charge in [0.2, 0.25) is 11.9 Å². The molecule has 0 radical (unpaired) electrons. The van der Waals surface area contributed by atoms with Crippen molar-refractivity contribution in [3.63, 3.8) is 0 Å². The minimum Gasteiger partial charge on any atom is -0.366 e. The molecule has 7 nitrogen and oxygen atoms in total. The summed E-state index contributed by atoms with van der Waals surface area (Å²) in [6.45, 7) is 1.79. The molecule has 0 saturated carbocycles. The van der Waals surface area contributed by atoms with Crippen molar-refractivity contribution in [3.8, 4) is 5.95 Å². The fourth-order valence-corrected chi connectivity index (χ4v) is 4.83. The van der Waals surface area contributed by atoms with Gasteiger partial charge in [-0.15, -0.1) is 0 Å². The number of carbonyl (C=O) groups is 1. The number of nitrogens with zero attached hydrogens (tertiary/aromatic N) is 3. The Labute approximate surface area is 207 Å². The first-order chi connectivity index (χ1) is 17.4. The number of rotatable bonds is 8. The minimum atomic E-state index is -2.56. The van der Waals surface area contributed by atoms with Gasteiger partial charge >= 0.3 is 0 Å². The topological polar surface area (TPSA) is 95.1 Å². The summed E-state index contributed by atoms with van der Waals surface area (Å²) in [6.07, 6.45) is -0.999. The molecule has 2 heterocycles. The first kappa shape index (κ1) is 23.9. The van der Waals surface area contributed by atoms with E-state index in [1.807, 2.05) is 54.0 Å². The fourth-order valence-electron chi connectivity index (χ4n) is 4.83. The monoisotopic (exact) mass is 491 g/mol. The summed E-state index contributed by atoms with van der Waals surface area (Å²) in [7, 11) is 0. The van der Waals surface area contributed by atoms with Crippen molar-refractivity contribution in [1.82, 2.24) is 14.5 Å². The lowest BCUT2D eigenvalue weighted by Crippen LogP contribution is -2.22. The number of nitrogens with one attached hydrogen (secondary N) is 1. The lowest BCUT2D eigenvalue weighted by Gasteiger charge is -2.27. The van der Waals surface area contributed by atoms with Crippen LogP contribution < -0.4 is 11.1 Å². The number of alkyl halides is 2. The lowest BCUT2D eigenvalue weighted by molar-refractivity contribution is -0.0329. The van der Waals surface area contributed by atoms with Crippen LogP contribution in [-0.2, 0) is 17.7 Å². The van der Waals surface area contributed by atoms with Crippen molar-refractivity contribution < 1.29 is 18.3 Å². The van der Waals surface area contributed by atoms with Crippen LogP contribution >= 0.6 is 0 Å². The molecule has 0 fully saturated rings. The number of hydrogen-bond acceptors (Lipinski definition) is 5. The Hall–Kier alpha value is -3.85. The summed E-state index contributed by atoms with van der Waals surface area (Å²) in [5.74, 6) is 0.511. The van der Waals surface area contributed by atoms with Crippen LogP contribution in [0.2, 0.25) is 0 Å². The number of hydrogen-bond donors (Lipinski definition) is 2. The molecule has 186 valence electrons. The average Bonchev–Trinajstić information content (AvgIpc) is 3.22. The Morgan fingerprint density at radius 1 is 1.19 bits per heavy atom. The van der Waals surface area contributed by atoms with Crippen LogP contribution in [0, 0.1) is 6.92 Å². The first-order valence-electron chi connectivity index (χ1n) is 11.9. The Morgan fingerprint density at radius 2 is 2.00 bits per heavy atom. The van der Waals surface area contributed by atoms with Gasteiger partial charge < -0.3 is 15.8 Å². The minimum absolute atomic E-state index is 0.381. The Kier molecular flexibility index (Phi) is 6.65. The second kappa shape index (κ2) is 10.0. The van der Waals surface area contributed by atoms with E-state index in [-0.39, 0.29) is 0 Å². The van der Waals surface area contributed by atoms with Gasteiger partial charge in [0.1, 0.15) is 18.5 Å². The van der Waals surface area contributed by atoms with Crippen LogP contribution in [0.5, 0.6) is 0 Å². The normalized spacial score (nSPS) is 15.3. The molecular weight excluding hydrogens is 464 g/mol. The van der Waals surface area contributed by atoms with E-state index in [2.05, 4.69) is 5.32 Å². The van der Waals surface area contributed by atoms with E-state index < -0.39 is 25.0 Å². The standard InChI is InChI=1S/C27H27F2N5O2/c1-16-13-20-18(25(30)35)9-5-11-21(20)34(16)27-32-24-19(10-6-12-22(24)36-15-23(28)29)26(33-27)31-14-17-7-3-2-4-8-17/h2-5,7-9,11,13,22-23H,6,10,12,14-15H2,1H3,(H2,30,35)(H,31,32,33). The zero-order chi connectivity index (χ0) is 25.2. The maximum absolute atomic E-state index is 13.0. The van der Waals surface area contributed by atoms with Crippen LogP contribution in [0.15, 0.2) is 54.6 Å². The molecule has 1 atom stereocenters. The second-order valence-corrected chi connectivity index (χ2v) is 8.90. The number of amides is 1. The predicted octanol–water partition coefficient (Wildman–Crippen LogP) is 5.10. The predicted molar refractivity (Wildman–Crippen MR) is 134 cm³/mol. The molecule has 1 aliphatic rings. The summed E-state index contributed by atoms with van der Waals surface area (Å²) in [5, 5.41) is 4.13. The third-order valence-electron chi connectivity index (χ3n) is 6.45. The number of aromatic nitrogens is 3. The third-order valence-corrected chi connectivity index (χ3v) is 6.45. The molecule has 1 aliphatic carbocycles. The molecule has 2 aromatic heterocycles. The number of carbonyl (C=O) groups excluding carboxylic acids is 1. The highest BCUT2D eigenvalue weighted by Gasteiger charge is 2.28. The number of benzene rings is 2. The van der Waals surface area contributed by atoms with E-state index in [0.29, 0.717) is 41.4 Å². The summed E-state index contributed by atoms with van der Waals surface area (Å²) >= 11 is 0. The maximum Gasteiger partial charge on any atom is 0.261 e. The van der Waals surface area contributed by atoms with Gasteiger partial charge in [-0.25, -0.2) is 13.8 Å². The molecular formula is C27H27F2N5O2. The number of primary amides is 1. The number of aryl methyl sites for hydroxylation is 1. The summed E-state index contributed by atoms with van der Waals surface area (Å²) in [5.41, 5.74) is 10.1. The van der Waals surface area contributed by atoms with Crippen molar-refractivity contribution in [2.24, 2.45) is 5.73 Å². The van der Waals surface area contributed by atoms with Gasteiger partial charge in [0.15, 0.2) is 0 Å². The first-order valence-corrected chi connectivity index (χ1v) is 11.9. The quantitative estimate of drug-likeness (QED) is 0.358. The molecule has 4 aromatic rings. The summed E-state index contributed by atoms with van der Waals surface area (Å²) in [4.78, 5) is 21.7. The zero-order valence-corrected chi connectivity index (χ0v) is 19.9. The number of anilines is 1. The third kappa shape index (κ3) is 4.66. The zero-order valence-electron chi connectivity index (χ0n) is 19.9. The van der Waals surface area contributed by atoms with Gasteiger partial charge in [-0.2, -0.15) is 4.98 Å². The van der Waals surface area contributed by atoms with Gasteiger partial charge in [-0.1, -0.05) is 36.4 Å². The van der Waals surface area contributed by atoms with Gasteiger partial charge in [-0.05, 0) is 49.9 Å². The Balaban J connectivity index is 1.64. The van der Waals surface area contributed by atoms with Crippen molar-refractivity contribution in [3.05, 3.63) is 82.7 Å². The summed E-state index contributed by atoms with van der Waals surface area (Å²) < 4.78 is 33.4. The number of fused-ring (bicyclic) bond motifs is 2. The molecule has 1 amide bonds. The number of halogens is 2. The molecule has 0 spiro atoms. The molecule has 1 unspecified atom stereocenters. The highest BCUT2D eigenvalue weighted by Crippen LogP contribution is 2.36. The van der Waals surface area contributed by atoms with E-state index in [0.717, 1.165) is 35.2 Å². The molecule has 0 saturated heterocycles. The van der Waals surface area contributed by atoms with Gasteiger partial charge in [0.25, 0.3) is 6.43 Å². The van der Waals surface area contributed by atoms with E-state index in [4.69, 9.17) is 20.4 Å². The number of ether oxygens (including phenoxy) is 1. The summed E-state index contributed by atoms with van der Waals surface area (Å²) in [6, 6.07) is 17.1. The van der Waals surface area contributed by atoms with Crippen LogP contribution in [0.25, 0.3) is 16.9 Å². The SMILES string of the molecule is Cc1cc2c(C(N)=O)cccc2n1-c1nc(NCc2ccccc2)c2c(n1)C(OCC(F)F)CCC2. The Bertz CT molecular complexity index is 1400. The molecule has 0 aliphatic heterocycles. The van der Waals surface area contributed by atoms with Gasteiger partial charge in [0.05, 0.1) is 11.2 Å². The maximum atomic E-state index is 13.0. The van der Waals surface area contributed by atoms with E-state index >= 15 is 0 Å². The molecule has 2 aromatic carbocycles. The van der Waals surface area contributed by atoms with Gasteiger partial charge in [-0.3, -0.25) is 9.36 Å². The molecule has 3 N–H and O–H groups in total. The van der Waals surface area contributed by atoms with Crippen LogP contribution in [0.3, 0.4) is 0 Å². The van der Waals surface area contributed by atoms with Crippen LogP contribution in [0.4, 0.5) is 14.6 Å². The van der Waals surface area contributed by atoms with Gasteiger partial charge in [0, 0.05) is 28.8 Å². The van der Waals surface area contributed by atoms with E-state index in [1.54, 1.807) is 12.1 Å². The lowest BCUT2D eigenvalue weighted by atomic mass is 9.93. The van der Waals surface area contributed by atoms with E-state index in [9.17, 15) is 13.6 Å². The van der Waals surface area contributed by atoms with E-state index in [1.165, 1.54) is 0 Å². The number of nitrogens with two attached hydrogens (primary N) is 1. The van der Waals surface area contributed by atoms with Crippen molar-refractivity contribution >= 4 is 22.6 Å². The molecule has 36 heavy (non-hydrogen) atoms. The van der Waals surface area contributed by atoms with Crippen LogP contribution in [0.1, 0.15) is 51.8 Å². The van der Waals surface area contributed by atoms with Crippen LogP contribution in [-0.4, -0.2) is 33.5 Å². The van der Waals surface area contributed by atoms with Crippen molar-refractivity contribution in [2.75, 3.05) is 11.9 Å². The Morgan fingerprint density at radius 3 is 2.75 bits per heavy atom. The smallest absolute Gasteiger partial charge is 0.261 e. The average molecular weight is 492 g/mol. The fraction of sp³-hybridized carbons (Fsp3) is 0.296. The van der Waals surface area contributed by atoms with Crippen molar-refractivity contribution in [1.29, 1.82) is 0 Å².